The Morgan fingerprint density at radius 2 is 1.76 bits per heavy atom. The molecule has 0 spiro atoms. The van der Waals surface area contributed by atoms with E-state index in [4.69, 9.17) is 0 Å². The van der Waals surface area contributed by atoms with Gasteiger partial charge in [-0.2, -0.15) is 8.75 Å². The number of rotatable bonds is 5. The van der Waals surface area contributed by atoms with Gasteiger partial charge in [-0.05, 0) is 30.2 Å². The summed E-state index contributed by atoms with van der Waals surface area (Å²) in [4.78, 5) is 11.1. The molecule has 0 aliphatic carbocycles. The van der Waals surface area contributed by atoms with Crippen molar-refractivity contribution in [2.45, 2.75) is 18.2 Å². The molecule has 0 bridgehead atoms. The Kier molecular flexibility index (Phi) is 5.25. The zero-order valence-electron chi connectivity index (χ0n) is 16.0. The first-order valence-electron chi connectivity index (χ1n) is 9.05. The van der Waals surface area contributed by atoms with E-state index < -0.39 is 9.84 Å². The summed E-state index contributed by atoms with van der Waals surface area (Å²) >= 11 is 1.13. The van der Waals surface area contributed by atoms with E-state index in [2.05, 4.69) is 31.7 Å². The van der Waals surface area contributed by atoms with Crippen LogP contribution in [0.2, 0.25) is 0 Å². The number of aryl methyl sites for hydroxylation is 1. The number of nitrogens with zero attached hydrogens (tertiary/aromatic N) is 5. The molecular weight excluding hydrogens is 406 g/mol. The van der Waals surface area contributed by atoms with Gasteiger partial charge in [-0.25, -0.2) is 18.4 Å². The van der Waals surface area contributed by atoms with Gasteiger partial charge in [0, 0.05) is 42.5 Å². The second kappa shape index (κ2) is 7.84. The molecular formula is C20H19N5O2S2. The first kappa shape index (κ1) is 19.4. The largest absolute Gasteiger partial charge is 0.313 e. The zero-order valence-corrected chi connectivity index (χ0v) is 17.6. The number of hydrogen-bond donors (Lipinski definition) is 0. The molecule has 29 heavy (non-hydrogen) atoms. The fourth-order valence-corrected chi connectivity index (χ4v) is 4.14. The molecule has 7 nitrogen and oxygen atoms in total. The molecule has 148 valence electrons. The van der Waals surface area contributed by atoms with Crippen molar-refractivity contribution < 1.29 is 8.42 Å². The van der Waals surface area contributed by atoms with E-state index in [1.165, 1.54) is 6.26 Å². The lowest BCUT2D eigenvalue weighted by atomic mass is 10.0. The second-order valence-corrected chi connectivity index (χ2v) is 9.17. The van der Waals surface area contributed by atoms with Gasteiger partial charge >= 0.3 is 0 Å². The monoisotopic (exact) mass is 425 g/mol. The van der Waals surface area contributed by atoms with Crippen LogP contribution in [0, 0.1) is 0 Å². The number of hydrogen-bond acceptors (Lipinski definition) is 8. The van der Waals surface area contributed by atoms with Crippen LogP contribution in [0.5, 0.6) is 0 Å². The molecule has 0 amide bonds. The van der Waals surface area contributed by atoms with Crippen LogP contribution >= 0.6 is 11.7 Å². The molecule has 3 heterocycles. The average Bonchev–Trinajstić information content (AvgIpc) is 3.23. The van der Waals surface area contributed by atoms with Crippen molar-refractivity contribution in [1.29, 1.82) is 0 Å². The van der Waals surface area contributed by atoms with E-state index in [1.807, 2.05) is 29.6 Å². The highest BCUT2D eigenvalue weighted by molar-refractivity contribution is 7.90. The molecule has 9 heteroatoms. The van der Waals surface area contributed by atoms with Gasteiger partial charge in [0.15, 0.2) is 9.84 Å². The van der Waals surface area contributed by atoms with Gasteiger partial charge in [-0.15, -0.1) is 0 Å². The van der Waals surface area contributed by atoms with Crippen LogP contribution in [0.1, 0.15) is 18.2 Å². The summed E-state index contributed by atoms with van der Waals surface area (Å²) in [5, 5.41) is 0. The summed E-state index contributed by atoms with van der Waals surface area (Å²) in [6.45, 7) is 2.70. The predicted molar refractivity (Wildman–Crippen MR) is 114 cm³/mol. The molecule has 3 aromatic rings. The molecule has 2 aromatic heterocycles. The van der Waals surface area contributed by atoms with Crippen LogP contribution in [-0.4, -0.2) is 39.9 Å². The Hall–Kier alpha value is -2.91. The minimum Gasteiger partial charge on any atom is -0.313 e. The van der Waals surface area contributed by atoms with Crippen LogP contribution in [0.4, 0.5) is 5.95 Å². The fourth-order valence-electron chi connectivity index (χ4n) is 2.93. The molecule has 0 unspecified atom stereocenters. The summed E-state index contributed by atoms with van der Waals surface area (Å²) in [6, 6.07) is 6.72. The molecule has 1 aliphatic rings. The number of benzene rings is 1. The fraction of sp³-hybridized carbons (Fsp3) is 0.200. The molecule has 0 N–H and O–H groups in total. The third kappa shape index (κ3) is 4.10. The average molecular weight is 426 g/mol. The smallest absolute Gasteiger partial charge is 0.229 e. The van der Waals surface area contributed by atoms with Crippen LogP contribution in [0.25, 0.3) is 16.8 Å². The van der Waals surface area contributed by atoms with Gasteiger partial charge < -0.3 is 4.90 Å². The lowest BCUT2D eigenvalue weighted by Crippen LogP contribution is -2.21. The quantitative estimate of drug-likeness (QED) is 0.619. The van der Waals surface area contributed by atoms with Crippen molar-refractivity contribution in [2.24, 2.45) is 0 Å². The van der Waals surface area contributed by atoms with E-state index in [0.717, 1.165) is 46.2 Å². The van der Waals surface area contributed by atoms with E-state index in [9.17, 15) is 8.42 Å². The van der Waals surface area contributed by atoms with Crippen molar-refractivity contribution in [3.63, 3.8) is 0 Å². The summed E-state index contributed by atoms with van der Waals surface area (Å²) in [5.74, 6) is 0.654. The molecule has 1 aliphatic heterocycles. The first-order valence-corrected chi connectivity index (χ1v) is 11.7. The maximum Gasteiger partial charge on any atom is 0.229 e. The maximum absolute atomic E-state index is 11.7. The SMILES string of the molecule is CCc1cnc(N2C=CC(c3nsnc3-c3ccc(S(C)(=O)=O)cc3)=CC2)nc1. The van der Waals surface area contributed by atoms with Gasteiger partial charge in [0.1, 0.15) is 11.4 Å². The molecule has 0 atom stereocenters. The van der Waals surface area contributed by atoms with E-state index >= 15 is 0 Å². The first-order chi connectivity index (χ1) is 14.0. The maximum atomic E-state index is 11.7. The van der Waals surface area contributed by atoms with Gasteiger partial charge in [0.05, 0.1) is 16.6 Å². The van der Waals surface area contributed by atoms with Crippen LogP contribution in [-0.2, 0) is 16.3 Å². The summed E-state index contributed by atoms with van der Waals surface area (Å²) in [7, 11) is -3.23. The second-order valence-electron chi connectivity index (χ2n) is 6.63. The standard InChI is InChI=1S/C20H19N5O2S2/c1-3-14-12-21-20(22-13-14)25-10-8-16(9-11-25)19-18(23-28-24-19)15-4-6-17(7-5-15)29(2,26)27/h4-10,12-13H,3,11H2,1-2H3. The Morgan fingerprint density at radius 1 is 1.07 bits per heavy atom. The Morgan fingerprint density at radius 3 is 2.34 bits per heavy atom. The van der Waals surface area contributed by atoms with Crippen LogP contribution in [0.15, 0.2) is 59.9 Å². The lowest BCUT2D eigenvalue weighted by Gasteiger charge is -2.20. The van der Waals surface area contributed by atoms with Crippen molar-refractivity contribution in [2.75, 3.05) is 17.7 Å². The Labute approximate surface area is 173 Å². The van der Waals surface area contributed by atoms with E-state index in [1.54, 1.807) is 24.3 Å². The predicted octanol–water partition coefficient (Wildman–Crippen LogP) is 3.38. The normalized spacial score (nSPS) is 14.1. The van der Waals surface area contributed by atoms with Crippen molar-refractivity contribution in [1.82, 2.24) is 18.7 Å². The summed E-state index contributed by atoms with van der Waals surface area (Å²) < 4.78 is 32.2. The summed E-state index contributed by atoms with van der Waals surface area (Å²) in [6.07, 6.45) is 11.8. The molecule has 0 fully saturated rings. The van der Waals surface area contributed by atoms with Gasteiger partial charge in [-0.1, -0.05) is 25.1 Å². The molecule has 0 saturated carbocycles. The van der Waals surface area contributed by atoms with E-state index in [-0.39, 0.29) is 4.90 Å². The molecule has 1 aromatic carbocycles. The highest BCUT2D eigenvalue weighted by Gasteiger charge is 2.18. The van der Waals surface area contributed by atoms with Crippen molar-refractivity contribution >= 4 is 33.1 Å². The third-order valence-electron chi connectivity index (χ3n) is 4.62. The minimum atomic E-state index is -3.23. The number of aromatic nitrogens is 4. The van der Waals surface area contributed by atoms with Gasteiger partial charge in [0.2, 0.25) is 5.95 Å². The third-order valence-corrected chi connectivity index (χ3v) is 6.27. The number of allylic oxidation sites excluding steroid dienone is 2. The summed E-state index contributed by atoms with van der Waals surface area (Å²) in [5.41, 5.74) is 4.41. The van der Waals surface area contributed by atoms with Gasteiger partial charge in [-0.3, -0.25) is 0 Å². The van der Waals surface area contributed by atoms with Crippen molar-refractivity contribution in [3.8, 4) is 11.3 Å². The minimum absolute atomic E-state index is 0.285. The highest BCUT2D eigenvalue weighted by Crippen LogP contribution is 2.30. The van der Waals surface area contributed by atoms with Gasteiger partial charge in [0.25, 0.3) is 0 Å². The molecule has 0 saturated heterocycles. The topological polar surface area (TPSA) is 88.9 Å². The number of anilines is 1. The lowest BCUT2D eigenvalue weighted by molar-refractivity contribution is 0.602. The van der Waals surface area contributed by atoms with Crippen molar-refractivity contribution in [3.05, 3.63) is 66.3 Å². The van der Waals surface area contributed by atoms with Crippen LogP contribution < -0.4 is 4.90 Å². The molecule has 0 radical (unpaired) electrons. The number of sulfone groups is 1. The van der Waals surface area contributed by atoms with E-state index in [0.29, 0.717) is 12.5 Å². The Bertz CT molecular complexity index is 1180. The zero-order chi connectivity index (χ0) is 20.4. The Balaban J connectivity index is 1.56. The van der Waals surface area contributed by atoms with Crippen LogP contribution in [0.3, 0.4) is 0 Å². The molecule has 4 rings (SSSR count). The highest BCUT2D eigenvalue weighted by atomic mass is 32.2.